The number of anilines is 1. The molecule has 1 amide bonds. The molecular formula is C25H26N2O4S. The quantitative estimate of drug-likeness (QED) is 0.592. The maximum Gasteiger partial charge on any atom is 0.415 e. The number of cyclic esters (lactones) is 1. The van der Waals surface area contributed by atoms with Crippen molar-refractivity contribution in [1.82, 2.24) is 4.72 Å². The average Bonchev–Trinajstić information content (AvgIpc) is 2.78. The Hall–Kier alpha value is -3.16. The van der Waals surface area contributed by atoms with Gasteiger partial charge in [-0.05, 0) is 41.3 Å². The van der Waals surface area contributed by atoms with Crippen LogP contribution in [0.4, 0.5) is 10.5 Å². The molecule has 4 rings (SSSR count). The number of hydrogen-bond acceptors (Lipinski definition) is 4. The Labute approximate surface area is 188 Å². The second kappa shape index (κ2) is 8.76. The standard InChI is InChI=1S/C25H26N2O4S/c1-25(22-8-4-3-5-9-22)15-16-27(24(28)31-25)23-10-6-7-21(17-23)20-13-11-19(12-14-20)18-26-32(2,29)30/h3-14,17,26H,15-16,18H2,1-2H3. The minimum Gasteiger partial charge on any atom is -0.438 e. The Morgan fingerprint density at radius 2 is 1.69 bits per heavy atom. The smallest absolute Gasteiger partial charge is 0.415 e. The van der Waals surface area contributed by atoms with E-state index in [1.807, 2.05) is 85.8 Å². The molecule has 0 radical (unpaired) electrons. The van der Waals surface area contributed by atoms with Crippen LogP contribution >= 0.6 is 0 Å². The molecule has 1 heterocycles. The lowest BCUT2D eigenvalue weighted by molar-refractivity contribution is 0.00582. The molecule has 1 fully saturated rings. The molecular weight excluding hydrogens is 424 g/mol. The van der Waals surface area contributed by atoms with Crippen molar-refractivity contribution < 1.29 is 17.9 Å². The lowest BCUT2D eigenvalue weighted by Crippen LogP contribution is -2.46. The lowest BCUT2D eigenvalue weighted by atomic mass is 9.91. The predicted octanol–water partition coefficient (Wildman–Crippen LogP) is 4.66. The van der Waals surface area contributed by atoms with Crippen LogP contribution < -0.4 is 9.62 Å². The summed E-state index contributed by atoms with van der Waals surface area (Å²) < 4.78 is 30.9. The number of carbonyl (C=O) groups excluding carboxylic acids is 1. The summed E-state index contributed by atoms with van der Waals surface area (Å²) >= 11 is 0. The largest absolute Gasteiger partial charge is 0.438 e. The van der Waals surface area contributed by atoms with Gasteiger partial charge < -0.3 is 4.74 Å². The molecule has 0 spiro atoms. The number of ether oxygens (including phenoxy) is 1. The van der Waals surface area contributed by atoms with Crippen LogP contribution in [0.1, 0.15) is 24.5 Å². The van der Waals surface area contributed by atoms with Gasteiger partial charge in [-0.25, -0.2) is 17.9 Å². The number of benzene rings is 3. The van der Waals surface area contributed by atoms with Gasteiger partial charge in [-0.15, -0.1) is 0 Å². The van der Waals surface area contributed by atoms with Gasteiger partial charge in [-0.1, -0.05) is 66.7 Å². The van der Waals surface area contributed by atoms with E-state index in [0.29, 0.717) is 13.0 Å². The highest BCUT2D eigenvalue weighted by atomic mass is 32.2. The van der Waals surface area contributed by atoms with Gasteiger partial charge in [0.15, 0.2) is 0 Å². The lowest BCUT2D eigenvalue weighted by Gasteiger charge is -2.39. The number of hydrogen-bond donors (Lipinski definition) is 1. The fraction of sp³-hybridized carbons (Fsp3) is 0.240. The van der Waals surface area contributed by atoms with E-state index in [1.54, 1.807) is 4.90 Å². The summed E-state index contributed by atoms with van der Waals surface area (Å²) in [7, 11) is -3.23. The van der Waals surface area contributed by atoms with E-state index in [9.17, 15) is 13.2 Å². The minimum atomic E-state index is -3.23. The zero-order valence-electron chi connectivity index (χ0n) is 18.1. The monoisotopic (exact) mass is 450 g/mol. The highest BCUT2D eigenvalue weighted by Gasteiger charge is 2.38. The van der Waals surface area contributed by atoms with Crippen molar-refractivity contribution in [1.29, 1.82) is 0 Å². The first kappa shape index (κ1) is 22.0. The summed E-state index contributed by atoms with van der Waals surface area (Å²) in [5.41, 5.74) is 3.96. The molecule has 1 saturated heterocycles. The highest BCUT2D eigenvalue weighted by molar-refractivity contribution is 7.88. The van der Waals surface area contributed by atoms with Gasteiger partial charge in [0, 0.05) is 25.2 Å². The van der Waals surface area contributed by atoms with Crippen LogP contribution in [0.5, 0.6) is 0 Å². The number of nitrogens with zero attached hydrogens (tertiary/aromatic N) is 1. The third kappa shape index (κ3) is 5.00. The van der Waals surface area contributed by atoms with Crippen LogP contribution in [0.2, 0.25) is 0 Å². The van der Waals surface area contributed by atoms with Crippen LogP contribution in [0.25, 0.3) is 11.1 Å². The number of amides is 1. The van der Waals surface area contributed by atoms with Gasteiger partial charge in [0.2, 0.25) is 10.0 Å². The normalized spacial score (nSPS) is 18.9. The van der Waals surface area contributed by atoms with E-state index in [1.165, 1.54) is 0 Å². The molecule has 1 aliphatic rings. The molecule has 0 saturated carbocycles. The van der Waals surface area contributed by atoms with Crippen molar-refractivity contribution in [2.45, 2.75) is 25.5 Å². The first-order valence-corrected chi connectivity index (χ1v) is 12.3. The highest BCUT2D eigenvalue weighted by Crippen LogP contribution is 2.36. The summed E-state index contributed by atoms with van der Waals surface area (Å²) in [5, 5.41) is 0. The second-order valence-corrected chi connectivity index (χ2v) is 10.0. The Bertz CT molecular complexity index is 1210. The fourth-order valence-corrected chi connectivity index (χ4v) is 4.26. The fourth-order valence-electron chi connectivity index (χ4n) is 3.83. The Kier molecular flexibility index (Phi) is 6.04. The molecule has 3 aromatic rings. The van der Waals surface area contributed by atoms with Crippen LogP contribution in [0, 0.1) is 0 Å². The van der Waals surface area contributed by atoms with Gasteiger partial charge in [0.25, 0.3) is 0 Å². The molecule has 0 aliphatic carbocycles. The zero-order valence-corrected chi connectivity index (χ0v) is 18.9. The molecule has 7 heteroatoms. The summed E-state index contributed by atoms with van der Waals surface area (Å²) in [6.07, 6.45) is 1.47. The third-order valence-electron chi connectivity index (χ3n) is 5.71. The maximum absolute atomic E-state index is 12.9. The average molecular weight is 451 g/mol. The second-order valence-electron chi connectivity index (χ2n) is 8.21. The Morgan fingerprint density at radius 1 is 0.969 bits per heavy atom. The SMILES string of the molecule is CC1(c2ccccc2)CCN(c2cccc(-c3ccc(CNS(C)(=O)=O)cc3)c2)C(=O)O1. The molecule has 1 atom stereocenters. The van der Waals surface area contributed by atoms with Crippen LogP contribution in [0.3, 0.4) is 0 Å². The summed E-state index contributed by atoms with van der Waals surface area (Å²) in [5.74, 6) is 0. The van der Waals surface area contributed by atoms with Crippen molar-refractivity contribution in [3.8, 4) is 11.1 Å². The van der Waals surface area contributed by atoms with Crippen molar-refractivity contribution in [3.63, 3.8) is 0 Å². The van der Waals surface area contributed by atoms with Crippen LogP contribution in [-0.2, 0) is 26.9 Å². The molecule has 6 nitrogen and oxygen atoms in total. The summed E-state index contributed by atoms with van der Waals surface area (Å²) in [6, 6.07) is 25.3. The molecule has 3 aromatic carbocycles. The summed E-state index contributed by atoms with van der Waals surface area (Å²) in [4.78, 5) is 14.5. The van der Waals surface area contributed by atoms with E-state index in [0.717, 1.165) is 34.2 Å². The minimum absolute atomic E-state index is 0.249. The zero-order chi connectivity index (χ0) is 22.8. The van der Waals surface area contributed by atoms with Gasteiger partial charge >= 0.3 is 6.09 Å². The van der Waals surface area contributed by atoms with E-state index < -0.39 is 15.6 Å². The molecule has 166 valence electrons. The molecule has 1 N–H and O–H groups in total. The summed E-state index contributed by atoms with van der Waals surface area (Å²) in [6.45, 7) is 2.76. The van der Waals surface area contributed by atoms with E-state index in [4.69, 9.17) is 4.74 Å². The van der Waals surface area contributed by atoms with E-state index >= 15 is 0 Å². The Balaban J connectivity index is 1.49. The number of rotatable bonds is 6. The van der Waals surface area contributed by atoms with Gasteiger partial charge in [0.1, 0.15) is 5.60 Å². The first-order valence-electron chi connectivity index (χ1n) is 10.4. The van der Waals surface area contributed by atoms with E-state index in [2.05, 4.69) is 4.72 Å². The number of sulfonamides is 1. The topological polar surface area (TPSA) is 75.7 Å². The van der Waals surface area contributed by atoms with Crippen molar-refractivity contribution in [2.75, 3.05) is 17.7 Å². The first-order chi connectivity index (χ1) is 15.2. The number of nitrogens with one attached hydrogen (secondary N) is 1. The molecule has 1 aliphatic heterocycles. The van der Waals surface area contributed by atoms with Gasteiger partial charge in [-0.2, -0.15) is 0 Å². The predicted molar refractivity (Wildman–Crippen MR) is 126 cm³/mol. The van der Waals surface area contributed by atoms with Crippen LogP contribution in [0.15, 0.2) is 78.9 Å². The molecule has 0 aromatic heterocycles. The van der Waals surface area contributed by atoms with Crippen molar-refractivity contribution >= 4 is 21.8 Å². The number of carbonyl (C=O) groups is 1. The van der Waals surface area contributed by atoms with Crippen molar-refractivity contribution in [2.24, 2.45) is 0 Å². The maximum atomic E-state index is 12.9. The molecule has 1 unspecified atom stereocenters. The van der Waals surface area contributed by atoms with Crippen molar-refractivity contribution in [3.05, 3.63) is 90.0 Å². The van der Waals surface area contributed by atoms with Gasteiger partial charge in [0.05, 0.1) is 6.26 Å². The molecule has 32 heavy (non-hydrogen) atoms. The van der Waals surface area contributed by atoms with Gasteiger partial charge in [-0.3, -0.25) is 4.90 Å². The molecule has 0 bridgehead atoms. The van der Waals surface area contributed by atoms with E-state index in [-0.39, 0.29) is 12.6 Å². The third-order valence-corrected chi connectivity index (χ3v) is 6.38. The Morgan fingerprint density at radius 3 is 2.34 bits per heavy atom. The van der Waals surface area contributed by atoms with Crippen LogP contribution in [-0.4, -0.2) is 27.3 Å².